The molecule has 1 aromatic carbocycles. The van der Waals surface area contributed by atoms with Gasteiger partial charge in [-0.15, -0.1) is 5.73 Å². The number of rotatable bonds is 3. The van der Waals surface area contributed by atoms with Gasteiger partial charge in [0.05, 0.1) is 20.3 Å². The lowest BCUT2D eigenvalue weighted by Crippen LogP contribution is -2.29. The van der Waals surface area contributed by atoms with Crippen LogP contribution in [0.15, 0.2) is 36.6 Å². The zero-order valence-electron chi connectivity index (χ0n) is 12.0. The average Bonchev–Trinajstić information content (AvgIpc) is 2.44. The molecular formula is C15H19O4P. The Kier molecular flexibility index (Phi) is 4.22. The fourth-order valence-corrected chi connectivity index (χ4v) is 3.86. The monoisotopic (exact) mass is 294 g/mol. The summed E-state index contributed by atoms with van der Waals surface area (Å²) in [5.74, 6) is 0.724. The summed E-state index contributed by atoms with van der Waals surface area (Å²) < 4.78 is 28.9. The molecule has 1 aromatic rings. The Hall–Kier alpha value is -1.31. The molecule has 1 aliphatic rings. The van der Waals surface area contributed by atoms with Crippen LogP contribution >= 0.6 is 7.60 Å². The molecule has 0 amide bonds. The Bertz CT molecular complexity index is 568. The highest BCUT2D eigenvalue weighted by Gasteiger charge is 2.40. The van der Waals surface area contributed by atoms with Crippen molar-refractivity contribution in [1.82, 2.24) is 0 Å². The van der Waals surface area contributed by atoms with Crippen LogP contribution in [0.2, 0.25) is 0 Å². The van der Waals surface area contributed by atoms with E-state index in [1.807, 2.05) is 13.8 Å². The summed E-state index contributed by atoms with van der Waals surface area (Å²) in [5, 5.41) is 0.371. The highest BCUT2D eigenvalue weighted by Crippen LogP contribution is 2.63. The first kappa shape index (κ1) is 15.1. The van der Waals surface area contributed by atoms with Crippen LogP contribution in [0.4, 0.5) is 0 Å². The van der Waals surface area contributed by atoms with Crippen LogP contribution in [0.1, 0.15) is 19.4 Å². The van der Waals surface area contributed by atoms with Gasteiger partial charge in [0.1, 0.15) is 11.1 Å². The highest BCUT2D eigenvalue weighted by atomic mass is 31.2. The minimum Gasteiger partial charge on any atom is -0.497 e. The van der Waals surface area contributed by atoms with Crippen molar-refractivity contribution in [2.75, 3.05) is 20.3 Å². The maximum atomic E-state index is 12.8. The summed E-state index contributed by atoms with van der Waals surface area (Å²) in [6.07, 6.45) is 0. The number of hydrogen-bond acceptors (Lipinski definition) is 4. The van der Waals surface area contributed by atoms with E-state index in [0.717, 1.165) is 5.75 Å². The van der Waals surface area contributed by atoms with Gasteiger partial charge in [-0.05, 0) is 29.8 Å². The predicted octanol–water partition coefficient (Wildman–Crippen LogP) is 4.09. The maximum absolute atomic E-state index is 12.8. The second-order valence-corrected chi connectivity index (χ2v) is 7.42. The quantitative estimate of drug-likeness (QED) is 0.622. The first-order chi connectivity index (χ1) is 9.40. The fourth-order valence-electron chi connectivity index (χ4n) is 1.83. The van der Waals surface area contributed by atoms with Crippen LogP contribution in [0.5, 0.6) is 5.75 Å². The largest absolute Gasteiger partial charge is 0.497 e. The molecule has 0 unspecified atom stereocenters. The van der Waals surface area contributed by atoms with Crippen LogP contribution in [0.3, 0.4) is 0 Å². The molecule has 4 nitrogen and oxygen atoms in total. The summed E-state index contributed by atoms with van der Waals surface area (Å²) in [7, 11) is -1.75. The van der Waals surface area contributed by atoms with Crippen molar-refractivity contribution in [1.29, 1.82) is 0 Å². The number of benzene rings is 1. The van der Waals surface area contributed by atoms with E-state index in [0.29, 0.717) is 24.1 Å². The Morgan fingerprint density at radius 3 is 2.30 bits per heavy atom. The van der Waals surface area contributed by atoms with Crippen molar-refractivity contribution in [3.63, 3.8) is 0 Å². The lowest BCUT2D eigenvalue weighted by molar-refractivity contribution is 0.0468. The zero-order valence-corrected chi connectivity index (χ0v) is 12.9. The van der Waals surface area contributed by atoms with Gasteiger partial charge in [0.2, 0.25) is 0 Å². The van der Waals surface area contributed by atoms with Crippen molar-refractivity contribution in [3.05, 3.63) is 42.1 Å². The van der Waals surface area contributed by atoms with Crippen LogP contribution < -0.4 is 4.74 Å². The number of methoxy groups -OCH3 is 1. The SMILES string of the molecule is C=C=C(c1ccc(OC)cc1)P1(=O)OCC(C)(C)CO1. The first-order valence-electron chi connectivity index (χ1n) is 6.34. The third-order valence-corrected chi connectivity index (χ3v) is 4.96. The van der Waals surface area contributed by atoms with Crippen LogP contribution in [-0.2, 0) is 13.6 Å². The van der Waals surface area contributed by atoms with Crippen LogP contribution in [0.25, 0.3) is 5.31 Å². The molecule has 5 heteroatoms. The van der Waals surface area contributed by atoms with Gasteiger partial charge in [0.15, 0.2) is 0 Å². The fraction of sp³-hybridized carbons (Fsp3) is 0.400. The van der Waals surface area contributed by atoms with Gasteiger partial charge < -0.3 is 13.8 Å². The van der Waals surface area contributed by atoms with E-state index in [4.69, 9.17) is 13.8 Å². The van der Waals surface area contributed by atoms with Gasteiger partial charge in [-0.25, -0.2) is 0 Å². The van der Waals surface area contributed by atoms with E-state index in [2.05, 4.69) is 12.3 Å². The molecule has 20 heavy (non-hydrogen) atoms. The number of ether oxygens (including phenoxy) is 1. The normalized spacial score (nSPS) is 19.9. The molecule has 0 spiro atoms. The summed E-state index contributed by atoms with van der Waals surface area (Å²) in [6.45, 7) is 8.37. The second kappa shape index (κ2) is 5.59. The Labute approximate surface area is 119 Å². The summed E-state index contributed by atoms with van der Waals surface area (Å²) in [5.41, 5.74) is 3.28. The molecule has 0 atom stereocenters. The molecule has 1 aliphatic heterocycles. The molecule has 0 saturated carbocycles. The lowest BCUT2D eigenvalue weighted by atomic mass is 9.97. The molecule has 0 aliphatic carbocycles. The first-order valence-corrected chi connectivity index (χ1v) is 7.89. The van der Waals surface area contributed by atoms with Gasteiger partial charge in [0, 0.05) is 5.41 Å². The minimum absolute atomic E-state index is 0.139. The molecule has 1 heterocycles. The molecule has 0 radical (unpaired) electrons. The van der Waals surface area contributed by atoms with Crippen molar-refractivity contribution < 1.29 is 18.3 Å². The van der Waals surface area contributed by atoms with Crippen molar-refractivity contribution in [2.45, 2.75) is 13.8 Å². The third-order valence-electron chi connectivity index (χ3n) is 3.06. The van der Waals surface area contributed by atoms with Crippen LogP contribution in [0, 0.1) is 5.41 Å². The van der Waals surface area contributed by atoms with E-state index in [1.54, 1.807) is 31.4 Å². The summed E-state index contributed by atoms with van der Waals surface area (Å²) in [6, 6.07) is 7.15. The van der Waals surface area contributed by atoms with E-state index < -0.39 is 7.60 Å². The predicted molar refractivity (Wildman–Crippen MR) is 78.8 cm³/mol. The molecule has 2 rings (SSSR count). The van der Waals surface area contributed by atoms with Gasteiger partial charge in [0.25, 0.3) is 0 Å². The standard InChI is InChI=1S/C15H19O4P/c1-5-14(12-6-8-13(17-4)9-7-12)20(16)18-10-15(2,3)11-19-20/h6-9H,1,10-11H2,2-4H3. The smallest absolute Gasteiger partial charge is 0.369 e. The van der Waals surface area contributed by atoms with Gasteiger partial charge in [-0.3, -0.25) is 4.57 Å². The van der Waals surface area contributed by atoms with Crippen molar-refractivity contribution >= 4 is 12.9 Å². The van der Waals surface area contributed by atoms with Crippen molar-refractivity contribution in [3.8, 4) is 5.75 Å². The van der Waals surface area contributed by atoms with Crippen molar-refractivity contribution in [2.24, 2.45) is 5.41 Å². The Morgan fingerprint density at radius 2 is 1.85 bits per heavy atom. The highest BCUT2D eigenvalue weighted by molar-refractivity contribution is 7.65. The zero-order chi connectivity index (χ0) is 14.8. The van der Waals surface area contributed by atoms with Gasteiger partial charge >= 0.3 is 7.60 Å². The molecule has 0 bridgehead atoms. The average molecular weight is 294 g/mol. The molecule has 1 saturated heterocycles. The summed E-state index contributed by atoms with van der Waals surface area (Å²) in [4.78, 5) is 0. The number of hydrogen-bond donors (Lipinski definition) is 0. The van der Waals surface area contributed by atoms with E-state index in [1.165, 1.54) is 0 Å². The van der Waals surface area contributed by atoms with Gasteiger partial charge in [-0.1, -0.05) is 20.4 Å². The van der Waals surface area contributed by atoms with E-state index >= 15 is 0 Å². The molecule has 0 aromatic heterocycles. The third kappa shape index (κ3) is 3.05. The van der Waals surface area contributed by atoms with Crippen LogP contribution in [-0.4, -0.2) is 20.3 Å². The van der Waals surface area contributed by atoms with Gasteiger partial charge in [-0.2, -0.15) is 0 Å². The second-order valence-electron chi connectivity index (χ2n) is 5.46. The topological polar surface area (TPSA) is 44.8 Å². The molecular weight excluding hydrogens is 275 g/mol. The lowest BCUT2D eigenvalue weighted by Gasteiger charge is -2.34. The Balaban J connectivity index is 2.29. The molecule has 0 N–H and O–H groups in total. The molecule has 1 fully saturated rings. The maximum Gasteiger partial charge on any atom is 0.369 e. The van der Waals surface area contributed by atoms with E-state index in [-0.39, 0.29) is 5.41 Å². The van der Waals surface area contributed by atoms with E-state index in [9.17, 15) is 4.57 Å². The molecule has 108 valence electrons. The Morgan fingerprint density at radius 1 is 1.30 bits per heavy atom. The minimum atomic E-state index is -3.35. The summed E-state index contributed by atoms with van der Waals surface area (Å²) >= 11 is 0.